The summed E-state index contributed by atoms with van der Waals surface area (Å²) in [5.74, 6) is 3.05. The first kappa shape index (κ1) is 34.3. The van der Waals surface area contributed by atoms with E-state index in [9.17, 15) is 0 Å². The number of hydrogen-bond donors (Lipinski definition) is 0. The van der Waals surface area contributed by atoms with Gasteiger partial charge >= 0.3 is 0 Å². The van der Waals surface area contributed by atoms with Crippen molar-refractivity contribution in [1.29, 1.82) is 0 Å². The molecule has 2 heteroatoms. The molecule has 1 unspecified atom stereocenters. The highest BCUT2D eigenvalue weighted by molar-refractivity contribution is 5.76. The normalized spacial score (nSPS) is 11.5. The van der Waals surface area contributed by atoms with Crippen LogP contribution in [0.1, 0.15) is 28.2 Å². The summed E-state index contributed by atoms with van der Waals surface area (Å²) in [4.78, 5) is 9.67. The molecule has 0 bridgehead atoms. The van der Waals surface area contributed by atoms with Gasteiger partial charge in [0.2, 0.25) is 0 Å². The van der Waals surface area contributed by atoms with E-state index in [1.807, 2.05) is 24.5 Å². The molecule has 8 rings (SSSR count). The summed E-state index contributed by atoms with van der Waals surface area (Å²) in [6.07, 6.45) is 11.0. The van der Waals surface area contributed by atoms with Crippen molar-refractivity contribution in [3.63, 3.8) is 0 Å². The van der Waals surface area contributed by atoms with Gasteiger partial charge in [-0.25, -0.2) is 0 Å². The number of aryl methyl sites for hydroxylation is 2. The molecule has 0 amide bonds. The van der Waals surface area contributed by atoms with E-state index < -0.39 is 0 Å². The number of pyridine rings is 2. The minimum Gasteiger partial charge on any atom is -0.256 e. The van der Waals surface area contributed by atoms with Gasteiger partial charge < -0.3 is 0 Å². The molecule has 6 aromatic carbocycles. The monoisotopic (exact) mass is 692 g/mol. The Bertz CT molecular complexity index is 2580. The quantitative estimate of drug-likeness (QED) is 0.141. The lowest BCUT2D eigenvalue weighted by Gasteiger charge is -2.19. The molecule has 54 heavy (non-hydrogen) atoms. The summed E-state index contributed by atoms with van der Waals surface area (Å²) in [6.45, 7) is 4.30. The van der Waals surface area contributed by atoms with Gasteiger partial charge in [-0.2, -0.15) is 0 Å². The fraction of sp³-hybridized carbons (Fsp3) is 0.0769. The third kappa shape index (κ3) is 7.13. The predicted molar refractivity (Wildman–Crippen MR) is 226 cm³/mol. The second-order valence-electron chi connectivity index (χ2n) is 13.8. The van der Waals surface area contributed by atoms with Crippen molar-refractivity contribution >= 4 is 0 Å². The number of rotatable bonds is 9. The zero-order valence-electron chi connectivity index (χ0n) is 30.6. The Morgan fingerprint density at radius 3 is 1.35 bits per heavy atom. The van der Waals surface area contributed by atoms with E-state index in [1.165, 1.54) is 33.4 Å². The first-order valence-corrected chi connectivity index (χ1v) is 18.4. The van der Waals surface area contributed by atoms with Crippen LogP contribution in [-0.4, -0.2) is 9.97 Å². The molecule has 8 aromatic rings. The predicted octanol–water partition coefficient (Wildman–Crippen LogP) is 13.1. The smallest absolute Gasteiger partial charge is 0.0705 e. The van der Waals surface area contributed by atoms with Crippen molar-refractivity contribution in [2.45, 2.75) is 26.2 Å². The molecule has 0 fully saturated rings. The van der Waals surface area contributed by atoms with Gasteiger partial charge in [-0.05, 0) is 88.0 Å². The molecular weight excluding hydrogens is 653 g/mol. The van der Waals surface area contributed by atoms with E-state index in [0.717, 1.165) is 62.3 Å². The lowest BCUT2D eigenvalue weighted by molar-refractivity contribution is 0.866. The van der Waals surface area contributed by atoms with Crippen LogP contribution < -0.4 is 0 Å². The Kier molecular flexibility index (Phi) is 9.79. The van der Waals surface area contributed by atoms with Crippen LogP contribution >= 0.6 is 0 Å². The molecule has 0 aliphatic carbocycles. The molecule has 0 N–H and O–H groups in total. The molecule has 2 nitrogen and oxygen atoms in total. The fourth-order valence-corrected chi connectivity index (χ4v) is 7.43. The lowest BCUT2D eigenvalue weighted by Crippen LogP contribution is -2.04. The second-order valence-corrected chi connectivity index (χ2v) is 13.8. The fourth-order valence-electron chi connectivity index (χ4n) is 7.43. The van der Waals surface area contributed by atoms with Gasteiger partial charge in [0, 0.05) is 40.6 Å². The summed E-state index contributed by atoms with van der Waals surface area (Å²) in [7, 11) is 0. The van der Waals surface area contributed by atoms with Crippen LogP contribution in [0.2, 0.25) is 0 Å². The summed E-state index contributed by atoms with van der Waals surface area (Å²) in [5, 5.41) is 0. The minimum absolute atomic E-state index is 0.105. The molecular formula is C52H40N2. The molecule has 2 heterocycles. The molecule has 0 aliphatic heterocycles. The molecule has 0 spiro atoms. The van der Waals surface area contributed by atoms with Gasteiger partial charge in [-0.15, -0.1) is 6.42 Å². The number of terminal acetylenes is 1. The highest BCUT2D eigenvalue weighted by Crippen LogP contribution is 2.36. The van der Waals surface area contributed by atoms with Gasteiger partial charge in [0.15, 0.2) is 0 Å². The summed E-state index contributed by atoms with van der Waals surface area (Å²) >= 11 is 0. The van der Waals surface area contributed by atoms with Crippen molar-refractivity contribution < 1.29 is 0 Å². The van der Waals surface area contributed by atoms with E-state index in [0.29, 0.717) is 0 Å². The van der Waals surface area contributed by atoms with Crippen molar-refractivity contribution in [1.82, 2.24) is 9.97 Å². The van der Waals surface area contributed by atoms with Gasteiger partial charge in [-0.3, -0.25) is 9.97 Å². The standard InChI is InChI=1S/C52H40N2/c1-4-38(47-21-13-14-22-48(47)42-25-29-44(30-26-42)52-32-37(3)50(35-54-52)40-17-9-6-10-18-40)33-45-19-11-12-20-46(45)41-23-27-43(28-24-41)51-31-36(2)49(34-53-51)39-15-7-5-8-16-39/h1,5-32,34-35,38H,33H2,2-3H3. The van der Waals surface area contributed by atoms with Crippen molar-refractivity contribution in [3.8, 4) is 79.4 Å². The first-order valence-electron chi connectivity index (χ1n) is 18.4. The van der Waals surface area contributed by atoms with E-state index in [-0.39, 0.29) is 5.92 Å². The maximum absolute atomic E-state index is 6.34. The van der Waals surface area contributed by atoms with Crippen LogP contribution in [0.15, 0.2) is 182 Å². The Morgan fingerprint density at radius 1 is 0.444 bits per heavy atom. The number of benzene rings is 6. The van der Waals surface area contributed by atoms with E-state index in [1.54, 1.807) is 0 Å². The second kappa shape index (κ2) is 15.4. The number of hydrogen-bond acceptors (Lipinski definition) is 2. The summed E-state index contributed by atoms with van der Waals surface area (Å²) in [5.41, 5.74) is 18.2. The van der Waals surface area contributed by atoms with Crippen LogP contribution in [0, 0.1) is 26.2 Å². The van der Waals surface area contributed by atoms with Gasteiger partial charge in [-0.1, -0.05) is 164 Å². The SMILES string of the molecule is C#CC(Cc1ccccc1-c1ccc(-c2cc(C)c(-c3ccccc3)cn2)cc1)c1ccccc1-c1ccc(-c2cc(C)c(-c3ccccc3)cn2)cc1. The largest absolute Gasteiger partial charge is 0.256 e. The number of nitrogens with zero attached hydrogens (tertiary/aromatic N) is 2. The highest BCUT2D eigenvalue weighted by atomic mass is 14.7. The van der Waals surface area contributed by atoms with Gasteiger partial charge in [0.25, 0.3) is 0 Å². The van der Waals surface area contributed by atoms with Gasteiger partial charge in [0.05, 0.1) is 11.4 Å². The first-order chi connectivity index (χ1) is 26.6. The highest BCUT2D eigenvalue weighted by Gasteiger charge is 2.18. The Hall–Kier alpha value is -6.82. The Morgan fingerprint density at radius 2 is 0.852 bits per heavy atom. The van der Waals surface area contributed by atoms with Crippen molar-refractivity contribution in [2.75, 3.05) is 0 Å². The maximum atomic E-state index is 6.34. The van der Waals surface area contributed by atoms with Crippen LogP contribution in [0.4, 0.5) is 0 Å². The van der Waals surface area contributed by atoms with Crippen LogP contribution in [-0.2, 0) is 6.42 Å². The minimum atomic E-state index is -0.105. The topological polar surface area (TPSA) is 25.8 Å². The molecule has 0 saturated heterocycles. The van der Waals surface area contributed by atoms with E-state index in [4.69, 9.17) is 16.4 Å². The third-order valence-corrected chi connectivity index (χ3v) is 10.4. The molecule has 0 saturated carbocycles. The van der Waals surface area contributed by atoms with Crippen molar-refractivity contribution in [2.24, 2.45) is 0 Å². The Labute approximate surface area is 318 Å². The van der Waals surface area contributed by atoms with E-state index in [2.05, 4.69) is 177 Å². The van der Waals surface area contributed by atoms with E-state index >= 15 is 0 Å². The summed E-state index contributed by atoms with van der Waals surface area (Å²) < 4.78 is 0. The van der Waals surface area contributed by atoms with Crippen LogP contribution in [0.25, 0.3) is 67.0 Å². The summed E-state index contributed by atoms with van der Waals surface area (Å²) in [6, 6.07) is 59.8. The maximum Gasteiger partial charge on any atom is 0.0705 e. The molecule has 2 aromatic heterocycles. The average molecular weight is 693 g/mol. The lowest BCUT2D eigenvalue weighted by atomic mass is 9.84. The van der Waals surface area contributed by atoms with Crippen LogP contribution in [0.5, 0.6) is 0 Å². The third-order valence-electron chi connectivity index (χ3n) is 10.4. The molecule has 1 atom stereocenters. The van der Waals surface area contributed by atoms with Gasteiger partial charge in [0.1, 0.15) is 0 Å². The average Bonchev–Trinajstić information content (AvgIpc) is 3.23. The zero-order chi connectivity index (χ0) is 36.9. The zero-order valence-corrected chi connectivity index (χ0v) is 30.6. The van der Waals surface area contributed by atoms with Crippen LogP contribution in [0.3, 0.4) is 0 Å². The molecule has 0 radical (unpaired) electrons. The molecule has 0 aliphatic rings. The van der Waals surface area contributed by atoms with Crippen molar-refractivity contribution in [3.05, 3.63) is 205 Å². The molecule has 258 valence electrons. The Balaban J connectivity index is 1.03. The number of aromatic nitrogens is 2.